The van der Waals surface area contributed by atoms with Gasteiger partial charge in [-0.25, -0.2) is 13.6 Å². The maximum absolute atomic E-state index is 13.9. The van der Waals surface area contributed by atoms with E-state index in [0.717, 1.165) is 0 Å². The summed E-state index contributed by atoms with van der Waals surface area (Å²) in [6, 6.07) is 4.20. The number of nitrogens with one attached hydrogen (secondary N) is 1. The first-order valence-corrected chi connectivity index (χ1v) is 9.92. The molecule has 2 N–H and O–H groups in total. The predicted octanol–water partition coefficient (Wildman–Crippen LogP) is 4.39. The minimum absolute atomic E-state index is 0.00771. The topological polar surface area (TPSA) is 93.5 Å². The molecule has 0 saturated heterocycles. The number of carboxylic acid groups (broad SMARTS) is 1. The minimum Gasteiger partial charge on any atom is -0.493 e. The lowest BCUT2D eigenvalue weighted by Crippen LogP contribution is -2.33. The van der Waals surface area contributed by atoms with Crippen LogP contribution in [0.1, 0.15) is 38.0 Å². The molecule has 0 aliphatic heterocycles. The van der Waals surface area contributed by atoms with Crippen LogP contribution in [0.3, 0.4) is 0 Å². The third-order valence-electron chi connectivity index (χ3n) is 5.32. The molecule has 0 bridgehead atoms. The van der Waals surface area contributed by atoms with Crippen molar-refractivity contribution in [1.82, 2.24) is 14.9 Å². The van der Waals surface area contributed by atoms with Crippen LogP contribution in [0.5, 0.6) is 5.75 Å². The van der Waals surface area contributed by atoms with E-state index >= 15 is 0 Å². The molecule has 2 atom stereocenters. The van der Waals surface area contributed by atoms with Crippen molar-refractivity contribution in [3.63, 3.8) is 0 Å². The number of carbonyl (C=O) groups is 1. The largest absolute Gasteiger partial charge is 0.493 e. The van der Waals surface area contributed by atoms with Gasteiger partial charge in [0.25, 0.3) is 12.0 Å². The van der Waals surface area contributed by atoms with E-state index in [9.17, 15) is 18.4 Å². The first-order valence-electron chi connectivity index (χ1n) is 9.92. The number of benzene rings is 1. The molecule has 2 heterocycles. The normalized spacial score (nSPS) is 13.5. The average Bonchev–Trinajstić information content (AvgIpc) is 2.68. The van der Waals surface area contributed by atoms with Crippen LogP contribution in [0.15, 0.2) is 29.2 Å². The van der Waals surface area contributed by atoms with Gasteiger partial charge in [-0.1, -0.05) is 6.92 Å². The Bertz CT molecular complexity index is 1190. The highest BCUT2D eigenvalue weighted by Crippen LogP contribution is 2.35. The van der Waals surface area contributed by atoms with Crippen molar-refractivity contribution in [2.24, 2.45) is 13.0 Å². The average molecular weight is 433 g/mol. The van der Waals surface area contributed by atoms with E-state index < -0.39 is 12.5 Å². The molecular formula is C22H25F2N3O4. The molecule has 9 heteroatoms. The summed E-state index contributed by atoms with van der Waals surface area (Å²) in [6.07, 6.45) is -1.85. The van der Waals surface area contributed by atoms with Crippen molar-refractivity contribution < 1.29 is 23.4 Å². The summed E-state index contributed by atoms with van der Waals surface area (Å²) < 4.78 is 34.8. The first kappa shape index (κ1) is 22.5. The van der Waals surface area contributed by atoms with Crippen LogP contribution in [-0.2, 0) is 7.05 Å². The van der Waals surface area contributed by atoms with Crippen molar-refractivity contribution in [3.8, 4) is 5.75 Å². The van der Waals surface area contributed by atoms with E-state index in [4.69, 9.17) is 9.84 Å². The van der Waals surface area contributed by atoms with Crippen molar-refractivity contribution in [1.29, 1.82) is 0 Å². The van der Waals surface area contributed by atoms with E-state index in [0.29, 0.717) is 33.8 Å². The summed E-state index contributed by atoms with van der Waals surface area (Å²) in [7, 11) is 1.59. The Hall–Kier alpha value is -3.23. The molecule has 3 rings (SSSR count). The Balaban J connectivity index is 2.01. The Kier molecular flexibility index (Phi) is 6.42. The minimum atomic E-state index is -2.77. The second-order valence-electron chi connectivity index (χ2n) is 7.89. The Morgan fingerprint density at radius 3 is 2.65 bits per heavy atom. The number of pyridine rings is 2. The van der Waals surface area contributed by atoms with Crippen LogP contribution in [0.4, 0.5) is 13.6 Å². The fourth-order valence-corrected chi connectivity index (χ4v) is 3.89. The van der Waals surface area contributed by atoms with Gasteiger partial charge in [0, 0.05) is 30.7 Å². The molecular weight excluding hydrogens is 408 g/mol. The van der Waals surface area contributed by atoms with Gasteiger partial charge in [-0.05, 0) is 43.7 Å². The molecule has 0 aliphatic carbocycles. The van der Waals surface area contributed by atoms with E-state index in [-0.39, 0.29) is 35.4 Å². The number of halogens is 2. The highest BCUT2D eigenvalue weighted by molar-refractivity contribution is 6.06. The van der Waals surface area contributed by atoms with Gasteiger partial charge < -0.3 is 19.7 Å². The van der Waals surface area contributed by atoms with Crippen LogP contribution < -0.4 is 15.6 Å². The number of aromatic nitrogens is 2. The second-order valence-corrected chi connectivity index (χ2v) is 7.89. The van der Waals surface area contributed by atoms with E-state index in [1.807, 2.05) is 6.92 Å². The third kappa shape index (κ3) is 4.60. The lowest BCUT2D eigenvalue weighted by atomic mass is 10.0. The highest BCUT2D eigenvalue weighted by atomic mass is 19.3. The quantitative estimate of drug-likeness (QED) is 0.539. The molecule has 2 unspecified atom stereocenters. The second kappa shape index (κ2) is 8.87. The van der Waals surface area contributed by atoms with Crippen LogP contribution >= 0.6 is 0 Å². The summed E-state index contributed by atoms with van der Waals surface area (Å²) in [4.78, 5) is 27.7. The number of fused-ring (bicyclic) bond motifs is 3. The molecule has 0 fully saturated rings. The van der Waals surface area contributed by atoms with Gasteiger partial charge in [0.05, 0.1) is 28.8 Å². The van der Waals surface area contributed by atoms with Gasteiger partial charge >= 0.3 is 6.09 Å². The highest BCUT2D eigenvalue weighted by Gasteiger charge is 2.20. The summed E-state index contributed by atoms with van der Waals surface area (Å²) >= 11 is 0. The zero-order chi connectivity index (χ0) is 22.9. The molecule has 0 radical (unpaired) electrons. The standard InChI is InChI=1S/C22H25F2N3O4/c1-11(7-12(2)26-22(29)30)10-31-18-9-17-15(8-16(18)20(23)24)14-5-6-25-13(3)19(14)21(28)27(17)4/h5-6,8-9,11-12,20,26H,7,10H2,1-4H3,(H,29,30). The van der Waals surface area contributed by atoms with Crippen molar-refractivity contribution in [2.45, 2.75) is 39.7 Å². The lowest BCUT2D eigenvalue weighted by molar-refractivity contribution is 0.142. The summed E-state index contributed by atoms with van der Waals surface area (Å²) in [5.74, 6) is -0.0782. The van der Waals surface area contributed by atoms with Gasteiger partial charge in [-0.15, -0.1) is 0 Å². The molecule has 7 nitrogen and oxygen atoms in total. The van der Waals surface area contributed by atoms with Gasteiger partial charge in [0.2, 0.25) is 0 Å². The van der Waals surface area contributed by atoms with E-state index in [1.165, 1.54) is 16.7 Å². The van der Waals surface area contributed by atoms with Gasteiger partial charge in [-0.2, -0.15) is 0 Å². The van der Waals surface area contributed by atoms with Crippen molar-refractivity contribution in [2.75, 3.05) is 6.61 Å². The molecule has 0 saturated carbocycles. The molecule has 0 spiro atoms. The zero-order valence-corrected chi connectivity index (χ0v) is 17.8. The molecule has 1 aromatic carbocycles. The maximum atomic E-state index is 13.9. The molecule has 3 aromatic rings. The van der Waals surface area contributed by atoms with Crippen LogP contribution in [0.2, 0.25) is 0 Å². The number of aryl methyl sites for hydroxylation is 2. The number of alkyl halides is 2. The number of hydrogen-bond donors (Lipinski definition) is 2. The van der Waals surface area contributed by atoms with Gasteiger partial charge in [0.15, 0.2) is 0 Å². The SMILES string of the molecule is Cc1nccc2c1c(=O)n(C)c1cc(OCC(C)CC(C)NC(=O)O)c(C(F)F)cc21. The van der Waals surface area contributed by atoms with Crippen LogP contribution in [0, 0.1) is 12.8 Å². The lowest BCUT2D eigenvalue weighted by Gasteiger charge is -2.20. The molecule has 1 amide bonds. The third-order valence-corrected chi connectivity index (χ3v) is 5.32. The van der Waals surface area contributed by atoms with Crippen molar-refractivity contribution >= 4 is 27.8 Å². The van der Waals surface area contributed by atoms with E-state index in [1.54, 1.807) is 33.2 Å². The number of nitrogens with zero attached hydrogens (tertiary/aromatic N) is 2. The zero-order valence-electron chi connectivity index (χ0n) is 17.8. The Labute approximate surface area is 177 Å². The summed E-state index contributed by atoms with van der Waals surface area (Å²) in [5, 5.41) is 12.6. The fraction of sp³-hybridized carbons (Fsp3) is 0.409. The van der Waals surface area contributed by atoms with Crippen molar-refractivity contribution in [3.05, 3.63) is 46.0 Å². The van der Waals surface area contributed by atoms with Crippen LogP contribution in [-0.4, -0.2) is 33.4 Å². The van der Waals surface area contributed by atoms with E-state index in [2.05, 4.69) is 10.3 Å². The molecule has 166 valence electrons. The fourth-order valence-electron chi connectivity index (χ4n) is 3.89. The number of hydrogen-bond acceptors (Lipinski definition) is 4. The summed E-state index contributed by atoms with van der Waals surface area (Å²) in [5.41, 5.74) is 0.504. The molecule has 0 aliphatic rings. The maximum Gasteiger partial charge on any atom is 0.404 e. The number of rotatable bonds is 7. The summed E-state index contributed by atoms with van der Waals surface area (Å²) in [6.45, 7) is 5.41. The predicted molar refractivity (Wildman–Crippen MR) is 114 cm³/mol. The van der Waals surface area contributed by atoms with Gasteiger partial charge in [-0.3, -0.25) is 9.78 Å². The van der Waals surface area contributed by atoms with Gasteiger partial charge in [0.1, 0.15) is 5.75 Å². The number of amides is 1. The Morgan fingerprint density at radius 2 is 2.00 bits per heavy atom. The van der Waals surface area contributed by atoms with Crippen LogP contribution in [0.25, 0.3) is 21.7 Å². The number of ether oxygens (including phenoxy) is 1. The Morgan fingerprint density at radius 1 is 1.29 bits per heavy atom. The first-order chi connectivity index (χ1) is 14.6. The molecule has 2 aromatic heterocycles. The molecule has 31 heavy (non-hydrogen) atoms. The smallest absolute Gasteiger partial charge is 0.404 e. The monoisotopic (exact) mass is 433 g/mol.